The lowest BCUT2D eigenvalue weighted by atomic mass is 10.1. The molecule has 0 radical (unpaired) electrons. The Morgan fingerprint density at radius 2 is 0.633 bits per heavy atom. The largest absolute Gasteiger partial charge is 0.354 e. The minimum absolute atomic E-state index is 1.01. The van der Waals surface area contributed by atoms with E-state index in [-0.39, 0.29) is 0 Å². The predicted molar refractivity (Wildman–Crippen MR) is 199 cm³/mol. The van der Waals surface area contributed by atoms with Gasteiger partial charge < -0.3 is 9.97 Å². The molecule has 10 aromatic rings. The Morgan fingerprint density at radius 1 is 0.327 bits per heavy atom. The molecule has 232 valence electrons. The predicted octanol–water partition coefficient (Wildman–Crippen LogP) is 10.2. The fourth-order valence-corrected chi connectivity index (χ4v) is 7.36. The van der Waals surface area contributed by atoms with E-state index in [1.165, 1.54) is 0 Å². The number of nitrogens with one attached hydrogen (secondary N) is 3. The van der Waals surface area contributed by atoms with Crippen LogP contribution in [0.15, 0.2) is 158 Å². The van der Waals surface area contributed by atoms with Crippen molar-refractivity contribution >= 4 is 44.1 Å². The first-order valence-corrected chi connectivity index (χ1v) is 16.3. The molecule has 0 unspecified atom stereocenters. The number of hydrogen-bond acceptors (Lipinski definition) is 2. The molecule has 0 fully saturated rings. The maximum Gasteiger partial charge on any atom is 0.0746 e. The number of fused-ring (bicyclic) bond motifs is 4. The van der Waals surface area contributed by atoms with Gasteiger partial charge in [0.25, 0.3) is 0 Å². The van der Waals surface area contributed by atoms with E-state index in [1.54, 1.807) is 0 Å². The lowest BCUT2D eigenvalue weighted by molar-refractivity contribution is 0.810. The Balaban J connectivity index is 1.55. The van der Waals surface area contributed by atoms with E-state index in [2.05, 4.69) is 168 Å². The van der Waals surface area contributed by atoms with Gasteiger partial charge in [-0.1, -0.05) is 60.7 Å². The molecule has 10 rings (SSSR count). The zero-order valence-electron chi connectivity index (χ0n) is 26.3. The van der Waals surface area contributed by atoms with Crippen LogP contribution >= 0.6 is 0 Å². The zero-order chi connectivity index (χ0) is 32.3. The maximum atomic E-state index is 4.36. The lowest BCUT2D eigenvalue weighted by Gasteiger charge is -2.12. The van der Waals surface area contributed by atoms with Crippen molar-refractivity contribution in [2.45, 2.75) is 0 Å². The summed E-state index contributed by atoms with van der Waals surface area (Å²) in [5.41, 5.74) is 16.8. The van der Waals surface area contributed by atoms with Gasteiger partial charge in [-0.3, -0.25) is 9.97 Å². The quantitative estimate of drug-likeness (QED) is 0.181. The highest BCUT2D eigenvalue weighted by Gasteiger charge is 2.18. The van der Waals surface area contributed by atoms with E-state index < -0.39 is 0 Å². The van der Waals surface area contributed by atoms with Crippen molar-refractivity contribution in [3.63, 3.8) is 0 Å². The highest BCUT2D eigenvalue weighted by molar-refractivity contribution is 6.03. The molecule has 8 heterocycles. The van der Waals surface area contributed by atoms with Crippen LogP contribution in [0.2, 0.25) is 0 Å². The van der Waals surface area contributed by atoms with Gasteiger partial charge in [-0.2, -0.15) is 0 Å². The van der Waals surface area contributed by atoms with E-state index in [9.17, 15) is 0 Å². The first-order chi connectivity index (χ1) is 24.3. The van der Waals surface area contributed by atoms with Crippen LogP contribution in [0.25, 0.3) is 88.6 Å². The van der Waals surface area contributed by atoms with E-state index in [0.717, 1.165) is 88.6 Å². The molecule has 6 bridgehead atoms. The van der Waals surface area contributed by atoms with Gasteiger partial charge >= 0.3 is 0 Å². The number of pyridine rings is 2. The minimum atomic E-state index is 1.01. The second kappa shape index (κ2) is 10.9. The van der Waals surface area contributed by atoms with Crippen molar-refractivity contribution in [2.24, 2.45) is 0 Å². The molecule has 8 aromatic heterocycles. The summed E-state index contributed by atoms with van der Waals surface area (Å²) in [5.74, 6) is 0. The van der Waals surface area contributed by atoms with Crippen molar-refractivity contribution in [1.82, 2.24) is 34.2 Å². The molecule has 0 saturated heterocycles. The lowest BCUT2D eigenvalue weighted by Crippen LogP contribution is -2.01. The number of nitrogens with zero attached hydrogens (tertiary/aromatic N) is 4. The normalized spacial score (nSPS) is 11.7. The SMILES string of the molecule is c1ccc(-c2c3ccc([nH]3)c(-c3ccccc3)c3ccc4c(-c5ccncc5)c5ccc([nH]5)c(-c5ccncc5)c5ccc2n5[nH]n34)cc1. The van der Waals surface area contributed by atoms with E-state index in [4.69, 9.17) is 0 Å². The molecule has 7 heteroatoms. The highest BCUT2D eigenvalue weighted by Crippen LogP contribution is 2.38. The molecular weight excluding hydrogens is 603 g/mol. The highest BCUT2D eigenvalue weighted by atomic mass is 15.4. The zero-order valence-corrected chi connectivity index (χ0v) is 26.3. The molecule has 49 heavy (non-hydrogen) atoms. The summed E-state index contributed by atoms with van der Waals surface area (Å²) >= 11 is 0. The molecule has 0 saturated carbocycles. The number of hydrogen-bond donors (Lipinski definition) is 3. The minimum Gasteiger partial charge on any atom is -0.354 e. The molecule has 0 atom stereocenters. The van der Waals surface area contributed by atoms with Crippen LogP contribution in [0.3, 0.4) is 0 Å². The summed E-state index contributed by atoms with van der Waals surface area (Å²) < 4.78 is 4.46. The average Bonchev–Trinajstić information content (AvgIpc) is 3.98. The smallest absolute Gasteiger partial charge is 0.0746 e. The fraction of sp³-hybridized carbons (Fsp3) is 0. The summed E-state index contributed by atoms with van der Waals surface area (Å²) in [5, 5.41) is 3.97. The Morgan fingerprint density at radius 3 is 0.959 bits per heavy atom. The fourth-order valence-electron chi connectivity index (χ4n) is 7.36. The second-order valence-corrected chi connectivity index (χ2v) is 12.3. The van der Waals surface area contributed by atoms with Gasteiger partial charge in [0.1, 0.15) is 0 Å². The molecule has 0 aliphatic rings. The molecule has 0 spiro atoms. The molecule has 2 aromatic carbocycles. The Bertz CT molecular complexity index is 2470. The third-order valence-corrected chi connectivity index (χ3v) is 9.50. The third kappa shape index (κ3) is 4.29. The van der Waals surface area contributed by atoms with Gasteiger partial charge in [-0.15, -0.1) is 0 Å². The summed E-state index contributed by atoms with van der Waals surface area (Å²) in [6.07, 6.45) is 7.41. The summed E-state index contributed by atoms with van der Waals surface area (Å²) in [4.78, 5) is 16.4. The number of H-pyrrole nitrogens is 3. The van der Waals surface area contributed by atoms with Crippen molar-refractivity contribution in [2.75, 3.05) is 0 Å². The number of benzene rings is 2. The van der Waals surface area contributed by atoms with Crippen molar-refractivity contribution in [3.05, 3.63) is 158 Å². The standard InChI is InChI=1S/C42H29N7/c1-3-7-27(8-4-1)39-31-11-12-32(45-31)40(28-9-5-2-6-10-28)36-16-18-38-42(30-21-25-44-26-22-30)34-14-13-33(46-34)41(29-19-23-43-24-20-29)37-17-15-35(39)48(37)47-49(36)38/h1-26,45-47H. The Hall–Kier alpha value is -6.86. The monoisotopic (exact) mass is 631 g/mol. The third-order valence-electron chi connectivity index (χ3n) is 9.50. The van der Waals surface area contributed by atoms with E-state index in [1.807, 2.05) is 24.8 Å². The van der Waals surface area contributed by atoms with Crippen LogP contribution in [-0.4, -0.2) is 34.2 Å². The van der Waals surface area contributed by atoms with Gasteiger partial charge in [-0.25, -0.2) is 14.2 Å². The molecule has 3 N–H and O–H groups in total. The van der Waals surface area contributed by atoms with Gasteiger partial charge in [0, 0.05) is 69.1 Å². The van der Waals surface area contributed by atoms with Gasteiger partial charge in [0.15, 0.2) is 0 Å². The molecule has 0 aliphatic carbocycles. The Labute approximate surface area is 280 Å². The molecule has 0 aliphatic heterocycles. The van der Waals surface area contributed by atoms with Crippen LogP contribution < -0.4 is 0 Å². The summed E-state index contributed by atoms with van der Waals surface area (Å²) in [6.45, 7) is 0. The maximum absolute atomic E-state index is 4.36. The van der Waals surface area contributed by atoms with Crippen molar-refractivity contribution < 1.29 is 0 Å². The van der Waals surface area contributed by atoms with Crippen LogP contribution in [0, 0.1) is 0 Å². The van der Waals surface area contributed by atoms with Crippen LogP contribution in [0.1, 0.15) is 0 Å². The second-order valence-electron chi connectivity index (χ2n) is 12.3. The molecule has 0 amide bonds. The topological polar surface area (TPSA) is 82.0 Å². The van der Waals surface area contributed by atoms with Crippen molar-refractivity contribution in [1.29, 1.82) is 0 Å². The molecular formula is C42H29N7. The van der Waals surface area contributed by atoms with E-state index >= 15 is 0 Å². The Kier molecular flexibility index (Phi) is 6.04. The summed E-state index contributed by atoms with van der Waals surface area (Å²) in [6, 6.07) is 47.1. The number of aromatic amines is 3. The first-order valence-electron chi connectivity index (χ1n) is 16.3. The van der Waals surface area contributed by atoms with Crippen LogP contribution in [-0.2, 0) is 0 Å². The molecule has 7 nitrogen and oxygen atoms in total. The van der Waals surface area contributed by atoms with Crippen molar-refractivity contribution in [3.8, 4) is 44.5 Å². The first kappa shape index (κ1) is 27.3. The van der Waals surface area contributed by atoms with Gasteiger partial charge in [0.2, 0.25) is 0 Å². The van der Waals surface area contributed by atoms with Gasteiger partial charge in [0.05, 0.1) is 22.1 Å². The van der Waals surface area contributed by atoms with Crippen LogP contribution in [0.4, 0.5) is 0 Å². The van der Waals surface area contributed by atoms with Gasteiger partial charge in [-0.05, 0) is 95.1 Å². The van der Waals surface area contributed by atoms with E-state index in [0.29, 0.717) is 0 Å². The van der Waals surface area contributed by atoms with Crippen LogP contribution in [0.5, 0.6) is 0 Å². The summed E-state index contributed by atoms with van der Waals surface area (Å²) in [7, 11) is 0. The number of rotatable bonds is 4. The average molecular weight is 632 g/mol. The number of aromatic nitrogens is 7.